The van der Waals surface area contributed by atoms with Crippen LogP contribution in [0.1, 0.15) is 25.8 Å². The van der Waals surface area contributed by atoms with Crippen molar-refractivity contribution in [2.45, 2.75) is 32.8 Å². The van der Waals surface area contributed by atoms with Crippen LogP contribution in [0.25, 0.3) is 0 Å². The standard InChI is InChI=1S/C14H19N3O2/c1-10(2)12-9-13(19-17-12)14(18)16-8-5-11-3-6-15-7-4-11/h3-4,6-7,10,13H,5,8-9H2,1-2H3,(H,16,18). The Morgan fingerprint density at radius 3 is 2.84 bits per heavy atom. The molecule has 5 nitrogen and oxygen atoms in total. The summed E-state index contributed by atoms with van der Waals surface area (Å²) in [5.41, 5.74) is 2.11. The summed E-state index contributed by atoms with van der Waals surface area (Å²) >= 11 is 0. The molecule has 1 atom stereocenters. The third-order valence-electron chi connectivity index (χ3n) is 3.11. The highest BCUT2D eigenvalue weighted by Gasteiger charge is 2.28. The minimum absolute atomic E-state index is 0.0894. The lowest BCUT2D eigenvalue weighted by molar-refractivity contribution is -0.131. The molecule has 1 amide bonds. The number of hydrogen-bond acceptors (Lipinski definition) is 4. The highest BCUT2D eigenvalue weighted by Crippen LogP contribution is 2.15. The summed E-state index contributed by atoms with van der Waals surface area (Å²) in [5.74, 6) is 0.239. The van der Waals surface area contributed by atoms with Gasteiger partial charge in [0.2, 0.25) is 6.10 Å². The second-order valence-corrected chi connectivity index (χ2v) is 4.93. The van der Waals surface area contributed by atoms with E-state index in [0.717, 1.165) is 17.7 Å². The summed E-state index contributed by atoms with van der Waals surface area (Å²) in [6.45, 7) is 4.69. The molecule has 0 bridgehead atoms. The third-order valence-corrected chi connectivity index (χ3v) is 3.11. The van der Waals surface area contributed by atoms with Crippen LogP contribution in [-0.4, -0.2) is 29.3 Å². The Balaban J connectivity index is 1.72. The van der Waals surface area contributed by atoms with Gasteiger partial charge in [0, 0.05) is 25.4 Å². The van der Waals surface area contributed by atoms with E-state index < -0.39 is 6.10 Å². The molecule has 1 unspecified atom stereocenters. The van der Waals surface area contributed by atoms with Gasteiger partial charge in [-0.15, -0.1) is 0 Å². The lowest BCUT2D eigenvalue weighted by Crippen LogP contribution is -2.36. The fraction of sp³-hybridized carbons (Fsp3) is 0.500. The van der Waals surface area contributed by atoms with Crippen LogP contribution >= 0.6 is 0 Å². The van der Waals surface area contributed by atoms with Crippen LogP contribution in [0.4, 0.5) is 0 Å². The molecule has 1 N–H and O–H groups in total. The number of hydrogen-bond donors (Lipinski definition) is 1. The van der Waals surface area contributed by atoms with E-state index in [4.69, 9.17) is 4.84 Å². The molecule has 0 radical (unpaired) electrons. The monoisotopic (exact) mass is 261 g/mol. The van der Waals surface area contributed by atoms with Crippen molar-refractivity contribution in [1.29, 1.82) is 0 Å². The molecule has 2 heterocycles. The Bertz CT molecular complexity index is 457. The van der Waals surface area contributed by atoms with Crippen molar-refractivity contribution in [2.24, 2.45) is 11.1 Å². The summed E-state index contributed by atoms with van der Waals surface area (Å²) in [7, 11) is 0. The number of nitrogens with one attached hydrogen (secondary N) is 1. The molecule has 2 rings (SSSR count). The molecule has 1 aromatic rings. The first-order valence-corrected chi connectivity index (χ1v) is 6.56. The van der Waals surface area contributed by atoms with Crippen molar-refractivity contribution < 1.29 is 9.63 Å². The first-order chi connectivity index (χ1) is 9.16. The summed E-state index contributed by atoms with van der Waals surface area (Å²) in [5, 5.41) is 6.83. The topological polar surface area (TPSA) is 63.6 Å². The SMILES string of the molecule is CC(C)C1=NOC(C(=O)NCCc2ccncc2)C1. The van der Waals surface area contributed by atoms with Gasteiger partial charge in [-0.1, -0.05) is 19.0 Å². The quantitative estimate of drug-likeness (QED) is 0.874. The number of rotatable bonds is 5. The summed E-state index contributed by atoms with van der Waals surface area (Å²) in [6, 6.07) is 3.89. The molecule has 0 aliphatic carbocycles. The smallest absolute Gasteiger partial charge is 0.264 e. The van der Waals surface area contributed by atoms with Crippen molar-refractivity contribution in [3.05, 3.63) is 30.1 Å². The van der Waals surface area contributed by atoms with Crippen LogP contribution < -0.4 is 5.32 Å². The molecule has 0 saturated heterocycles. The first-order valence-electron chi connectivity index (χ1n) is 6.56. The lowest BCUT2D eigenvalue weighted by Gasteiger charge is -2.09. The lowest BCUT2D eigenvalue weighted by atomic mass is 10.0. The molecule has 102 valence electrons. The number of pyridine rings is 1. The molecule has 1 aromatic heterocycles. The molecule has 19 heavy (non-hydrogen) atoms. The largest absolute Gasteiger partial charge is 0.382 e. The van der Waals surface area contributed by atoms with E-state index in [2.05, 4.69) is 15.5 Å². The zero-order chi connectivity index (χ0) is 13.7. The Morgan fingerprint density at radius 2 is 2.21 bits per heavy atom. The van der Waals surface area contributed by atoms with Gasteiger partial charge < -0.3 is 10.2 Å². The molecule has 0 aromatic carbocycles. The van der Waals surface area contributed by atoms with Crippen LogP contribution in [0.2, 0.25) is 0 Å². The van der Waals surface area contributed by atoms with Gasteiger partial charge >= 0.3 is 0 Å². The molecule has 0 spiro atoms. The van der Waals surface area contributed by atoms with Gasteiger partial charge in [-0.05, 0) is 30.0 Å². The number of carbonyl (C=O) groups excluding carboxylic acids is 1. The maximum Gasteiger partial charge on any atom is 0.264 e. The van der Waals surface area contributed by atoms with Gasteiger partial charge in [-0.2, -0.15) is 0 Å². The number of carbonyl (C=O) groups is 1. The number of aromatic nitrogens is 1. The Labute approximate surface area is 113 Å². The Morgan fingerprint density at radius 1 is 1.47 bits per heavy atom. The van der Waals surface area contributed by atoms with Crippen molar-refractivity contribution in [3.63, 3.8) is 0 Å². The van der Waals surface area contributed by atoms with Crippen molar-refractivity contribution >= 4 is 11.6 Å². The molecule has 1 aliphatic rings. The van der Waals surface area contributed by atoms with E-state index in [1.165, 1.54) is 0 Å². The second-order valence-electron chi connectivity index (χ2n) is 4.93. The van der Waals surface area contributed by atoms with Gasteiger partial charge in [-0.25, -0.2) is 0 Å². The van der Waals surface area contributed by atoms with E-state index in [-0.39, 0.29) is 5.91 Å². The fourth-order valence-corrected chi connectivity index (χ4v) is 1.87. The second kappa shape index (κ2) is 6.31. The van der Waals surface area contributed by atoms with Gasteiger partial charge in [0.25, 0.3) is 5.91 Å². The fourth-order valence-electron chi connectivity index (χ4n) is 1.87. The summed E-state index contributed by atoms with van der Waals surface area (Å²) in [4.78, 5) is 21.0. The average Bonchev–Trinajstić information content (AvgIpc) is 2.89. The maximum absolute atomic E-state index is 11.9. The molecule has 1 aliphatic heterocycles. The summed E-state index contributed by atoms with van der Waals surface area (Å²) < 4.78 is 0. The number of nitrogens with zero attached hydrogens (tertiary/aromatic N) is 2. The predicted octanol–water partition coefficient (Wildman–Crippen LogP) is 1.54. The highest BCUT2D eigenvalue weighted by molar-refractivity contribution is 5.93. The maximum atomic E-state index is 11.9. The predicted molar refractivity (Wildman–Crippen MR) is 72.7 cm³/mol. The minimum Gasteiger partial charge on any atom is -0.382 e. The summed E-state index contributed by atoms with van der Waals surface area (Å²) in [6.07, 6.45) is 4.42. The van der Waals surface area contributed by atoms with E-state index >= 15 is 0 Å². The average molecular weight is 261 g/mol. The normalized spacial score (nSPS) is 18.1. The molecule has 0 fully saturated rings. The van der Waals surface area contributed by atoms with E-state index in [9.17, 15) is 4.79 Å². The van der Waals surface area contributed by atoms with E-state index in [0.29, 0.717) is 18.9 Å². The highest BCUT2D eigenvalue weighted by atomic mass is 16.6. The molecular formula is C14H19N3O2. The van der Waals surface area contributed by atoms with Crippen molar-refractivity contribution in [3.8, 4) is 0 Å². The van der Waals surface area contributed by atoms with Crippen LogP contribution in [-0.2, 0) is 16.1 Å². The molecule has 0 saturated carbocycles. The van der Waals surface area contributed by atoms with Gasteiger partial charge in [0.05, 0.1) is 5.71 Å². The van der Waals surface area contributed by atoms with Crippen molar-refractivity contribution in [1.82, 2.24) is 10.3 Å². The Kier molecular flexibility index (Phi) is 4.49. The van der Waals surface area contributed by atoms with Crippen molar-refractivity contribution in [2.75, 3.05) is 6.54 Å². The zero-order valence-corrected chi connectivity index (χ0v) is 11.3. The third kappa shape index (κ3) is 3.77. The van der Waals surface area contributed by atoms with Crippen LogP contribution in [0.5, 0.6) is 0 Å². The van der Waals surface area contributed by atoms with Crippen LogP contribution in [0.15, 0.2) is 29.7 Å². The van der Waals surface area contributed by atoms with E-state index in [1.54, 1.807) is 12.4 Å². The number of oxime groups is 1. The van der Waals surface area contributed by atoms with Gasteiger partial charge in [-0.3, -0.25) is 9.78 Å². The molecular weight excluding hydrogens is 242 g/mol. The van der Waals surface area contributed by atoms with Crippen LogP contribution in [0.3, 0.4) is 0 Å². The first kappa shape index (κ1) is 13.5. The van der Waals surface area contributed by atoms with Gasteiger partial charge in [0.1, 0.15) is 0 Å². The van der Waals surface area contributed by atoms with Crippen LogP contribution in [0, 0.1) is 5.92 Å². The van der Waals surface area contributed by atoms with E-state index in [1.807, 2.05) is 26.0 Å². The molecule has 5 heteroatoms. The minimum atomic E-state index is -0.463. The Hall–Kier alpha value is -1.91. The van der Waals surface area contributed by atoms with Gasteiger partial charge in [0.15, 0.2) is 0 Å². The zero-order valence-electron chi connectivity index (χ0n) is 11.3. The number of amides is 1.